The van der Waals surface area contributed by atoms with Gasteiger partial charge in [0.05, 0.1) is 0 Å². The van der Waals surface area contributed by atoms with Gasteiger partial charge in [-0.2, -0.15) is 0 Å². The number of ether oxygens (including phenoxy) is 1. The predicted octanol–water partition coefficient (Wildman–Crippen LogP) is 4.28. The highest BCUT2D eigenvalue weighted by molar-refractivity contribution is 5.97. The van der Waals surface area contributed by atoms with E-state index >= 15 is 0 Å². The van der Waals surface area contributed by atoms with E-state index in [2.05, 4.69) is 10.6 Å². The number of rotatable bonds is 5. The van der Waals surface area contributed by atoms with Crippen molar-refractivity contribution in [3.8, 4) is 11.5 Å². The van der Waals surface area contributed by atoms with Crippen LogP contribution in [0.1, 0.15) is 33.3 Å². The molecule has 5 nitrogen and oxygen atoms in total. The molecule has 2 amide bonds. The predicted molar refractivity (Wildman–Crippen MR) is 103 cm³/mol. The van der Waals surface area contributed by atoms with Crippen LogP contribution in [0, 0.1) is 12.3 Å². The lowest BCUT2D eigenvalue weighted by atomic mass is 9.95. The third-order valence-electron chi connectivity index (χ3n) is 3.77. The topological polar surface area (TPSA) is 67.4 Å². The normalized spacial score (nSPS) is 12.2. The first-order valence-electron chi connectivity index (χ1n) is 8.61. The highest BCUT2D eigenvalue weighted by atomic mass is 16.5. The van der Waals surface area contributed by atoms with E-state index in [1.807, 2.05) is 31.2 Å². The van der Waals surface area contributed by atoms with Crippen LogP contribution in [0.3, 0.4) is 0 Å². The third kappa shape index (κ3) is 5.62. The standard InChI is InChI=1S/C21H26N2O3/c1-14-7-6-8-18(13-14)26-17-11-9-16(10-12-17)23-19(24)15(2)22-20(25)21(3,4)5/h6-13,15H,1-5H3,(H,22,25)(H,23,24). The monoisotopic (exact) mass is 354 g/mol. The van der Waals surface area contributed by atoms with Crippen molar-refractivity contribution in [3.05, 3.63) is 54.1 Å². The SMILES string of the molecule is Cc1cccc(Oc2ccc(NC(=O)C(C)NC(=O)C(C)(C)C)cc2)c1. The van der Waals surface area contributed by atoms with Crippen LogP contribution in [0.5, 0.6) is 11.5 Å². The minimum absolute atomic E-state index is 0.165. The molecule has 138 valence electrons. The van der Waals surface area contributed by atoms with Crippen LogP contribution in [-0.4, -0.2) is 17.9 Å². The van der Waals surface area contributed by atoms with E-state index in [1.165, 1.54) is 0 Å². The van der Waals surface area contributed by atoms with Crippen LogP contribution in [0.15, 0.2) is 48.5 Å². The summed E-state index contributed by atoms with van der Waals surface area (Å²) in [6, 6.07) is 14.3. The molecule has 0 radical (unpaired) electrons. The molecule has 2 rings (SSSR count). The van der Waals surface area contributed by atoms with Crippen molar-refractivity contribution in [2.24, 2.45) is 5.41 Å². The van der Waals surface area contributed by atoms with Gasteiger partial charge in [0, 0.05) is 11.1 Å². The van der Waals surface area contributed by atoms with Crippen LogP contribution in [0.4, 0.5) is 5.69 Å². The maximum absolute atomic E-state index is 12.2. The summed E-state index contributed by atoms with van der Waals surface area (Å²) in [5.74, 6) is 1.01. The second-order valence-corrected chi connectivity index (χ2v) is 7.38. The molecular weight excluding hydrogens is 328 g/mol. The molecule has 26 heavy (non-hydrogen) atoms. The summed E-state index contributed by atoms with van der Waals surface area (Å²) in [6.45, 7) is 9.08. The lowest BCUT2D eigenvalue weighted by molar-refractivity contribution is -0.131. The Hall–Kier alpha value is -2.82. The van der Waals surface area contributed by atoms with Gasteiger partial charge in [-0.1, -0.05) is 32.9 Å². The molecule has 0 aliphatic carbocycles. The smallest absolute Gasteiger partial charge is 0.246 e. The van der Waals surface area contributed by atoms with Crippen molar-refractivity contribution in [3.63, 3.8) is 0 Å². The zero-order valence-corrected chi connectivity index (χ0v) is 15.9. The molecule has 2 N–H and O–H groups in total. The highest BCUT2D eigenvalue weighted by Gasteiger charge is 2.25. The second-order valence-electron chi connectivity index (χ2n) is 7.38. The zero-order valence-electron chi connectivity index (χ0n) is 15.9. The Morgan fingerprint density at radius 3 is 2.23 bits per heavy atom. The first-order valence-corrected chi connectivity index (χ1v) is 8.61. The summed E-state index contributed by atoms with van der Waals surface area (Å²) < 4.78 is 5.79. The maximum atomic E-state index is 12.2. The average Bonchev–Trinajstić information content (AvgIpc) is 2.55. The Morgan fingerprint density at radius 1 is 1.00 bits per heavy atom. The number of amides is 2. The van der Waals surface area contributed by atoms with Gasteiger partial charge in [0.25, 0.3) is 0 Å². The van der Waals surface area contributed by atoms with Gasteiger partial charge in [0.1, 0.15) is 17.5 Å². The fraction of sp³-hybridized carbons (Fsp3) is 0.333. The van der Waals surface area contributed by atoms with Crippen molar-refractivity contribution < 1.29 is 14.3 Å². The molecule has 1 atom stereocenters. The molecule has 0 aliphatic rings. The van der Waals surface area contributed by atoms with E-state index in [1.54, 1.807) is 52.0 Å². The molecular formula is C21H26N2O3. The minimum atomic E-state index is -0.620. The number of aryl methyl sites for hydroxylation is 1. The van der Waals surface area contributed by atoms with Crippen molar-refractivity contribution in [1.82, 2.24) is 5.32 Å². The summed E-state index contributed by atoms with van der Waals surface area (Å²) in [5, 5.41) is 5.50. The molecule has 0 fully saturated rings. The summed E-state index contributed by atoms with van der Waals surface area (Å²) in [4.78, 5) is 24.2. The molecule has 2 aromatic carbocycles. The van der Waals surface area contributed by atoms with E-state index in [4.69, 9.17) is 4.74 Å². The molecule has 0 aromatic heterocycles. The Balaban J connectivity index is 1.94. The van der Waals surface area contributed by atoms with Gasteiger partial charge >= 0.3 is 0 Å². The summed E-state index contributed by atoms with van der Waals surface area (Å²) in [7, 11) is 0. The number of benzene rings is 2. The fourth-order valence-corrected chi connectivity index (χ4v) is 2.15. The molecule has 0 heterocycles. The van der Waals surface area contributed by atoms with Gasteiger partial charge < -0.3 is 15.4 Å². The van der Waals surface area contributed by atoms with Gasteiger partial charge in [-0.25, -0.2) is 0 Å². The van der Waals surface area contributed by atoms with Crippen molar-refractivity contribution in [1.29, 1.82) is 0 Å². The molecule has 0 aliphatic heterocycles. The van der Waals surface area contributed by atoms with Crippen LogP contribution < -0.4 is 15.4 Å². The number of carbonyl (C=O) groups excluding carboxylic acids is 2. The van der Waals surface area contributed by atoms with Crippen LogP contribution in [-0.2, 0) is 9.59 Å². The van der Waals surface area contributed by atoms with Gasteiger partial charge in [-0.05, 0) is 55.8 Å². The number of anilines is 1. The Kier molecular flexibility index (Phi) is 6.03. The van der Waals surface area contributed by atoms with Crippen molar-refractivity contribution >= 4 is 17.5 Å². The lowest BCUT2D eigenvalue weighted by Crippen LogP contribution is -2.46. The minimum Gasteiger partial charge on any atom is -0.457 e. The van der Waals surface area contributed by atoms with Gasteiger partial charge in [-0.15, -0.1) is 0 Å². The second kappa shape index (κ2) is 8.04. The molecule has 0 bridgehead atoms. The Labute approximate surface area is 154 Å². The molecule has 0 saturated carbocycles. The number of carbonyl (C=O) groups is 2. The lowest BCUT2D eigenvalue weighted by Gasteiger charge is -2.21. The molecule has 0 spiro atoms. The van der Waals surface area contributed by atoms with Gasteiger partial charge in [0.2, 0.25) is 11.8 Å². The molecule has 1 unspecified atom stereocenters. The number of hydrogen-bond donors (Lipinski definition) is 2. The largest absolute Gasteiger partial charge is 0.457 e. The summed E-state index contributed by atoms with van der Waals surface area (Å²) >= 11 is 0. The van der Waals surface area contributed by atoms with Crippen LogP contribution >= 0.6 is 0 Å². The molecule has 5 heteroatoms. The Bertz CT molecular complexity index is 777. The van der Waals surface area contributed by atoms with E-state index in [0.717, 1.165) is 11.3 Å². The third-order valence-corrected chi connectivity index (χ3v) is 3.77. The van der Waals surface area contributed by atoms with E-state index in [9.17, 15) is 9.59 Å². The molecule has 0 saturated heterocycles. The van der Waals surface area contributed by atoms with Crippen LogP contribution in [0.25, 0.3) is 0 Å². The zero-order chi connectivity index (χ0) is 19.3. The van der Waals surface area contributed by atoms with E-state index in [0.29, 0.717) is 11.4 Å². The van der Waals surface area contributed by atoms with Crippen molar-refractivity contribution in [2.75, 3.05) is 5.32 Å². The maximum Gasteiger partial charge on any atom is 0.246 e. The first kappa shape index (κ1) is 19.5. The fourth-order valence-electron chi connectivity index (χ4n) is 2.15. The Morgan fingerprint density at radius 2 is 1.65 bits per heavy atom. The molecule has 2 aromatic rings. The quantitative estimate of drug-likeness (QED) is 0.842. The van der Waals surface area contributed by atoms with Crippen molar-refractivity contribution in [2.45, 2.75) is 40.7 Å². The number of nitrogens with one attached hydrogen (secondary N) is 2. The van der Waals surface area contributed by atoms with Gasteiger partial charge in [-0.3, -0.25) is 9.59 Å². The summed E-state index contributed by atoms with van der Waals surface area (Å²) in [6.07, 6.45) is 0. The average molecular weight is 354 g/mol. The highest BCUT2D eigenvalue weighted by Crippen LogP contribution is 2.23. The van der Waals surface area contributed by atoms with Gasteiger partial charge in [0.15, 0.2) is 0 Å². The van der Waals surface area contributed by atoms with E-state index in [-0.39, 0.29) is 11.8 Å². The summed E-state index contributed by atoms with van der Waals surface area (Å²) in [5.41, 5.74) is 1.23. The number of hydrogen-bond acceptors (Lipinski definition) is 3. The van der Waals surface area contributed by atoms with E-state index < -0.39 is 11.5 Å². The first-order chi connectivity index (χ1) is 12.1. The van der Waals surface area contributed by atoms with Crippen LogP contribution in [0.2, 0.25) is 0 Å².